The molecule has 1 atom stereocenters. The largest absolute Gasteiger partial charge is 0.0856 e. The molecule has 0 saturated heterocycles. The molecule has 0 saturated carbocycles. The first-order valence-corrected chi connectivity index (χ1v) is 5.25. The van der Waals surface area contributed by atoms with Crippen LogP contribution in [0, 0.1) is 11.3 Å². The molecule has 1 aliphatic carbocycles. The highest BCUT2D eigenvalue weighted by atomic mass is 14.4. The minimum absolute atomic E-state index is 0.423. The summed E-state index contributed by atoms with van der Waals surface area (Å²) in [6, 6.07) is 0. The van der Waals surface area contributed by atoms with E-state index in [9.17, 15) is 0 Å². The van der Waals surface area contributed by atoms with E-state index in [0.717, 1.165) is 5.92 Å². The van der Waals surface area contributed by atoms with Crippen LogP contribution in [-0.4, -0.2) is 0 Å². The van der Waals surface area contributed by atoms with Gasteiger partial charge in [-0.3, -0.25) is 0 Å². The summed E-state index contributed by atoms with van der Waals surface area (Å²) in [5.41, 5.74) is 3.44. The van der Waals surface area contributed by atoms with E-state index in [0.29, 0.717) is 5.41 Å². The van der Waals surface area contributed by atoms with Crippen LogP contribution in [0.4, 0.5) is 0 Å². The molecule has 0 amide bonds. The van der Waals surface area contributed by atoms with Gasteiger partial charge in [0.15, 0.2) is 0 Å². The van der Waals surface area contributed by atoms with Crippen molar-refractivity contribution in [2.75, 3.05) is 0 Å². The molecule has 0 aliphatic heterocycles. The summed E-state index contributed by atoms with van der Waals surface area (Å²) < 4.78 is 0. The fourth-order valence-corrected chi connectivity index (χ4v) is 1.97. The maximum atomic E-state index is 2.41. The molecular weight excluding hydrogens is 156 g/mol. The van der Waals surface area contributed by atoms with Gasteiger partial charge < -0.3 is 0 Å². The summed E-state index contributed by atoms with van der Waals surface area (Å²) in [5.74, 6) is 0.822. The van der Waals surface area contributed by atoms with Crippen LogP contribution in [0.3, 0.4) is 0 Å². The van der Waals surface area contributed by atoms with Crippen molar-refractivity contribution < 1.29 is 0 Å². The summed E-state index contributed by atoms with van der Waals surface area (Å²) >= 11 is 0. The Balaban J connectivity index is 2.61. The number of hydrogen-bond donors (Lipinski definition) is 0. The molecule has 0 N–H and O–H groups in total. The highest BCUT2D eigenvalue weighted by Gasteiger charge is 2.33. The molecular formula is C13H22. The third-order valence-electron chi connectivity index (χ3n) is 3.56. The van der Waals surface area contributed by atoms with Crippen molar-refractivity contribution in [1.29, 1.82) is 0 Å². The molecule has 1 unspecified atom stereocenters. The van der Waals surface area contributed by atoms with E-state index in [-0.39, 0.29) is 0 Å². The maximum Gasteiger partial charge on any atom is -0.0113 e. The van der Waals surface area contributed by atoms with Crippen molar-refractivity contribution in [3.05, 3.63) is 23.3 Å². The lowest BCUT2D eigenvalue weighted by Gasteiger charge is -2.29. The first-order chi connectivity index (χ1) is 5.94. The van der Waals surface area contributed by atoms with Crippen LogP contribution < -0.4 is 0 Å². The normalized spacial score (nSPS) is 25.6. The van der Waals surface area contributed by atoms with E-state index in [4.69, 9.17) is 0 Å². The molecule has 0 radical (unpaired) electrons. The van der Waals surface area contributed by atoms with Crippen molar-refractivity contribution in [2.24, 2.45) is 11.3 Å². The molecule has 0 bridgehead atoms. The Bertz CT molecular complexity index is 237. The van der Waals surface area contributed by atoms with Crippen LogP contribution in [0.15, 0.2) is 23.3 Å². The van der Waals surface area contributed by atoms with Crippen LogP contribution in [0.1, 0.15) is 47.5 Å². The van der Waals surface area contributed by atoms with E-state index < -0.39 is 0 Å². The lowest BCUT2D eigenvalue weighted by molar-refractivity contribution is 0.294. The minimum Gasteiger partial charge on any atom is -0.0856 e. The van der Waals surface area contributed by atoms with Crippen molar-refractivity contribution >= 4 is 0 Å². The summed E-state index contributed by atoms with van der Waals surface area (Å²) in [6.07, 6.45) is 7.29. The second-order valence-corrected chi connectivity index (χ2v) is 5.06. The standard InChI is InChI=1S/C13H22/c1-10(2)6-8-12-9-7-11(3)13(12,4)5/h6-7,12H,8-9H2,1-5H3. The first kappa shape index (κ1) is 10.6. The van der Waals surface area contributed by atoms with Crippen LogP contribution in [0.2, 0.25) is 0 Å². The van der Waals surface area contributed by atoms with E-state index >= 15 is 0 Å². The van der Waals surface area contributed by atoms with Gasteiger partial charge in [-0.1, -0.05) is 37.1 Å². The summed E-state index contributed by atoms with van der Waals surface area (Å²) in [6.45, 7) is 11.4. The first-order valence-electron chi connectivity index (χ1n) is 5.25. The molecule has 0 aromatic carbocycles. The molecule has 0 spiro atoms. The second-order valence-electron chi connectivity index (χ2n) is 5.06. The Morgan fingerprint density at radius 3 is 2.54 bits per heavy atom. The number of hydrogen-bond acceptors (Lipinski definition) is 0. The Morgan fingerprint density at radius 2 is 2.15 bits per heavy atom. The molecule has 0 heterocycles. The maximum absolute atomic E-state index is 2.41. The van der Waals surface area contributed by atoms with Gasteiger partial charge in [-0.15, -0.1) is 0 Å². The minimum atomic E-state index is 0.423. The lowest BCUT2D eigenvalue weighted by Crippen LogP contribution is -2.19. The summed E-state index contributed by atoms with van der Waals surface area (Å²) in [7, 11) is 0. The fraction of sp³-hybridized carbons (Fsp3) is 0.692. The molecule has 1 rings (SSSR count). The smallest absolute Gasteiger partial charge is 0.0113 e. The fourth-order valence-electron chi connectivity index (χ4n) is 1.97. The van der Waals surface area contributed by atoms with Gasteiger partial charge >= 0.3 is 0 Å². The van der Waals surface area contributed by atoms with Gasteiger partial charge in [-0.2, -0.15) is 0 Å². The van der Waals surface area contributed by atoms with Gasteiger partial charge in [0.1, 0.15) is 0 Å². The molecule has 1 aliphatic rings. The van der Waals surface area contributed by atoms with Crippen LogP contribution >= 0.6 is 0 Å². The van der Waals surface area contributed by atoms with Gasteiger partial charge in [0.2, 0.25) is 0 Å². The molecule has 0 aromatic rings. The van der Waals surface area contributed by atoms with Gasteiger partial charge in [0.25, 0.3) is 0 Å². The van der Waals surface area contributed by atoms with Gasteiger partial charge in [0.05, 0.1) is 0 Å². The monoisotopic (exact) mass is 178 g/mol. The quantitative estimate of drug-likeness (QED) is 0.552. The van der Waals surface area contributed by atoms with E-state index in [1.807, 2.05) is 0 Å². The molecule has 0 heteroatoms. The zero-order valence-electron chi connectivity index (χ0n) is 9.65. The highest BCUT2D eigenvalue weighted by molar-refractivity contribution is 5.19. The van der Waals surface area contributed by atoms with Gasteiger partial charge in [-0.05, 0) is 44.9 Å². The van der Waals surface area contributed by atoms with Crippen LogP contribution in [0.25, 0.3) is 0 Å². The Kier molecular flexibility index (Phi) is 3.00. The van der Waals surface area contributed by atoms with Crippen molar-refractivity contribution in [3.63, 3.8) is 0 Å². The predicted octanol–water partition coefficient (Wildman–Crippen LogP) is 4.34. The molecule has 0 nitrogen and oxygen atoms in total. The average Bonchev–Trinajstić information content (AvgIpc) is 2.25. The van der Waals surface area contributed by atoms with Gasteiger partial charge in [-0.25, -0.2) is 0 Å². The van der Waals surface area contributed by atoms with Crippen molar-refractivity contribution in [3.8, 4) is 0 Å². The van der Waals surface area contributed by atoms with Crippen LogP contribution in [-0.2, 0) is 0 Å². The Morgan fingerprint density at radius 1 is 1.54 bits per heavy atom. The third-order valence-corrected chi connectivity index (χ3v) is 3.56. The average molecular weight is 178 g/mol. The zero-order chi connectivity index (χ0) is 10.1. The molecule has 13 heavy (non-hydrogen) atoms. The van der Waals surface area contributed by atoms with Crippen LogP contribution in [0.5, 0.6) is 0 Å². The molecule has 0 fully saturated rings. The zero-order valence-corrected chi connectivity index (χ0v) is 9.65. The van der Waals surface area contributed by atoms with E-state index in [1.165, 1.54) is 18.4 Å². The highest BCUT2D eigenvalue weighted by Crippen LogP contribution is 2.44. The van der Waals surface area contributed by atoms with Crippen molar-refractivity contribution in [2.45, 2.75) is 47.5 Å². The molecule has 74 valence electrons. The van der Waals surface area contributed by atoms with Crippen molar-refractivity contribution in [1.82, 2.24) is 0 Å². The number of rotatable bonds is 2. The number of allylic oxidation sites excluding steroid dienone is 4. The van der Waals surface area contributed by atoms with E-state index in [2.05, 4.69) is 46.8 Å². The lowest BCUT2D eigenvalue weighted by atomic mass is 9.76. The predicted molar refractivity (Wildman–Crippen MR) is 59.7 cm³/mol. The Hall–Kier alpha value is -0.520. The van der Waals surface area contributed by atoms with E-state index in [1.54, 1.807) is 5.57 Å². The SMILES string of the molecule is CC(C)=CCC1CC=C(C)C1(C)C. The second kappa shape index (κ2) is 3.69. The topological polar surface area (TPSA) is 0 Å². The summed E-state index contributed by atoms with van der Waals surface area (Å²) in [4.78, 5) is 0. The molecule has 0 aromatic heterocycles. The summed E-state index contributed by atoms with van der Waals surface area (Å²) in [5, 5.41) is 0. The third kappa shape index (κ3) is 2.24. The Labute approximate surface area is 82.7 Å². The van der Waals surface area contributed by atoms with Gasteiger partial charge in [0, 0.05) is 0 Å².